The molecule has 0 aromatic heterocycles. The number of carbonyl (C=O) groups is 1. The van der Waals surface area contributed by atoms with Crippen LogP contribution < -0.4 is 5.32 Å². The zero-order valence-corrected chi connectivity index (χ0v) is 12.0. The normalized spacial score (nSPS) is 17.0. The summed E-state index contributed by atoms with van der Waals surface area (Å²) < 4.78 is 19.3. The van der Waals surface area contributed by atoms with Crippen LogP contribution in [0.4, 0.5) is 4.39 Å². The third-order valence-electron chi connectivity index (χ3n) is 3.57. The van der Waals surface area contributed by atoms with Crippen molar-refractivity contribution in [2.75, 3.05) is 0 Å². The second kappa shape index (κ2) is 6.43. The molecule has 0 saturated carbocycles. The number of rotatable bonds is 5. The molecule has 0 radical (unpaired) electrons. The number of hydrogen-bond donors (Lipinski definition) is 1. The summed E-state index contributed by atoms with van der Waals surface area (Å²) in [5.41, 5.74) is 1.58. The van der Waals surface area contributed by atoms with Crippen molar-refractivity contribution in [2.24, 2.45) is 0 Å². The lowest BCUT2D eigenvalue weighted by atomic mass is 10.1. The van der Waals surface area contributed by atoms with Gasteiger partial charge in [-0.3, -0.25) is 4.79 Å². The van der Waals surface area contributed by atoms with Crippen molar-refractivity contribution < 1.29 is 13.9 Å². The average molecular weight is 297 g/mol. The van der Waals surface area contributed by atoms with Crippen LogP contribution in [0.1, 0.15) is 11.1 Å². The van der Waals surface area contributed by atoms with Gasteiger partial charge >= 0.3 is 0 Å². The standard InChI is InChI=1S/C18H16FNO2/c19-15-9-5-4-8-14(15)12-22-17-11-18(21)20-16(17)10-13-6-2-1-3-7-13/h1-9,11,16H,10,12H2,(H,20,21)/t16-/m0/s1. The second-order valence-corrected chi connectivity index (χ2v) is 5.18. The van der Waals surface area contributed by atoms with Gasteiger partial charge in [-0.05, 0) is 18.1 Å². The molecule has 0 spiro atoms. The van der Waals surface area contributed by atoms with E-state index in [1.54, 1.807) is 18.2 Å². The summed E-state index contributed by atoms with van der Waals surface area (Å²) in [7, 11) is 0. The fourth-order valence-electron chi connectivity index (χ4n) is 2.43. The van der Waals surface area contributed by atoms with E-state index in [0.29, 0.717) is 17.7 Å². The van der Waals surface area contributed by atoms with Gasteiger partial charge in [0.1, 0.15) is 18.2 Å². The van der Waals surface area contributed by atoms with E-state index in [1.807, 2.05) is 30.3 Å². The van der Waals surface area contributed by atoms with Crippen molar-refractivity contribution in [1.82, 2.24) is 5.32 Å². The Kier molecular flexibility index (Phi) is 4.19. The molecule has 1 amide bonds. The van der Waals surface area contributed by atoms with Gasteiger partial charge < -0.3 is 10.1 Å². The Bertz CT molecular complexity index is 697. The van der Waals surface area contributed by atoms with Crippen LogP contribution in [0.3, 0.4) is 0 Å². The number of carbonyl (C=O) groups excluding carboxylic acids is 1. The minimum atomic E-state index is -0.306. The average Bonchev–Trinajstić information content (AvgIpc) is 2.87. The first kappa shape index (κ1) is 14.3. The lowest BCUT2D eigenvalue weighted by Crippen LogP contribution is -2.31. The Morgan fingerprint density at radius 1 is 1.05 bits per heavy atom. The molecule has 1 N–H and O–H groups in total. The molecule has 0 aliphatic carbocycles. The van der Waals surface area contributed by atoms with Crippen molar-refractivity contribution in [2.45, 2.75) is 19.1 Å². The number of nitrogens with one attached hydrogen (secondary N) is 1. The van der Waals surface area contributed by atoms with Crippen LogP contribution in [0.15, 0.2) is 66.4 Å². The van der Waals surface area contributed by atoms with Gasteiger partial charge in [0.2, 0.25) is 5.91 Å². The molecule has 0 saturated heterocycles. The third kappa shape index (κ3) is 3.34. The number of hydrogen-bond acceptors (Lipinski definition) is 2. The van der Waals surface area contributed by atoms with Gasteiger partial charge in [0.15, 0.2) is 0 Å². The highest BCUT2D eigenvalue weighted by Crippen LogP contribution is 2.19. The van der Waals surface area contributed by atoms with Gasteiger partial charge in [0.25, 0.3) is 0 Å². The molecule has 1 atom stereocenters. The molecule has 4 heteroatoms. The Morgan fingerprint density at radius 3 is 2.55 bits per heavy atom. The van der Waals surface area contributed by atoms with E-state index >= 15 is 0 Å². The predicted octanol–water partition coefficient (Wildman–Crippen LogP) is 2.97. The second-order valence-electron chi connectivity index (χ2n) is 5.18. The number of ether oxygens (including phenoxy) is 1. The maximum absolute atomic E-state index is 13.6. The summed E-state index contributed by atoms with van der Waals surface area (Å²) in [6.07, 6.45) is 2.09. The van der Waals surface area contributed by atoms with Crippen LogP contribution in [0.25, 0.3) is 0 Å². The molecule has 0 fully saturated rings. The van der Waals surface area contributed by atoms with E-state index in [-0.39, 0.29) is 24.4 Å². The van der Waals surface area contributed by atoms with E-state index < -0.39 is 0 Å². The minimum Gasteiger partial charge on any atom is -0.491 e. The first-order valence-electron chi connectivity index (χ1n) is 7.14. The van der Waals surface area contributed by atoms with Gasteiger partial charge in [-0.2, -0.15) is 0 Å². The topological polar surface area (TPSA) is 38.3 Å². The van der Waals surface area contributed by atoms with E-state index in [4.69, 9.17) is 4.74 Å². The van der Waals surface area contributed by atoms with Gasteiger partial charge in [-0.25, -0.2) is 4.39 Å². The Labute approximate surface area is 128 Å². The zero-order valence-electron chi connectivity index (χ0n) is 12.0. The lowest BCUT2D eigenvalue weighted by molar-refractivity contribution is -0.116. The first-order valence-corrected chi connectivity index (χ1v) is 7.14. The van der Waals surface area contributed by atoms with Crippen LogP contribution >= 0.6 is 0 Å². The van der Waals surface area contributed by atoms with Crippen molar-refractivity contribution >= 4 is 5.91 Å². The van der Waals surface area contributed by atoms with Gasteiger partial charge in [0, 0.05) is 11.6 Å². The molecule has 0 bridgehead atoms. The molecule has 0 unspecified atom stereocenters. The predicted molar refractivity (Wildman–Crippen MR) is 81.3 cm³/mol. The molecule has 1 heterocycles. The molecule has 2 aromatic rings. The van der Waals surface area contributed by atoms with E-state index in [9.17, 15) is 9.18 Å². The monoisotopic (exact) mass is 297 g/mol. The summed E-state index contributed by atoms with van der Waals surface area (Å²) in [4.78, 5) is 11.6. The fraction of sp³-hybridized carbons (Fsp3) is 0.167. The van der Waals surface area contributed by atoms with Gasteiger partial charge in [-0.15, -0.1) is 0 Å². The molecular weight excluding hydrogens is 281 g/mol. The van der Waals surface area contributed by atoms with Crippen LogP contribution in [0.2, 0.25) is 0 Å². The van der Waals surface area contributed by atoms with Crippen LogP contribution in [0.5, 0.6) is 0 Å². The highest BCUT2D eigenvalue weighted by Gasteiger charge is 2.25. The zero-order chi connectivity index (χ0) is 15.4. The highest BCUT2D eigenvalue weighted by atomic mass is 19.1. The number of halogens is 1. The molecule has 3 nitrogen and oxygen atoms in total. The van der Waals surface area contributed by atoms with Crippen molar-refractivity contribution in [3.05, 3.63) is 83.4 Å². The summed E-state index contributed by atoms with van der Waals surface area (Å²) >= 11 is 0. The Morgan fingerprint density at radius 2 is 1.77 bits per heavy atom. The summed E-state index contributed by atoms with van der Waals surface area (Å²) in [5, 5.41) is 2.85. The Balaban J connectivity index is 1.67. The smallest absolute Gasteiger partial charge is 0.248 e. The summed E-state index contributed by atoms with van der Waals surface area (Å²) in [5.74, 6) is 0.0709. The minimum absolute atomic E-state index is 0.110. The molecule has 3 rings (SSSR count). The maximum atomic E-state index is 13.6. The number of benzene rings is 2. The summed E-state index contributed by atoms with van der Waals surface area (Å²) in [6, 6.07) is 16.1. The van der Waals surface area contributed by atoms with Crippen molar-refractivity contribution in [3.8, 4) is 0 Å². The quantitative estimate of drug-likeness (QED) is 0.921. The van der Waals surface area contributed by atoms with E-state index in [0.717, 1.165) is 5.56 Å². The third-order valence-corrected chi connectivity index (χ3v) is 3.57. The van der Waals surface area contributed by atoms with Gasteiger partial charge in [-0.1, -0.05) is 48.5 Å². The number of amides is 1. The van der Waals surface area contributed by atoms with E-state index in [1.165, 1.54) is 12.1 Å². The lowest BCUT2D eigenvalue weighted by Gasteiger charge is -2.16. The molecule has 112 valence electrons. The molecular formula is C18H16FNO2. The highest BCUT2D eigenvalue weighted by molar-refractivity contribution is 5.91. The first-order chi connectivity index (χ1) is 10.7. The SMILES string of the molecule is O=C1C=C(OCc2ccccc2F)[C@H](Cc2ccccc2)N1. The maximum Gasteiger partial charge on any atom is 0.248 e. The molecule has 1 aliphatic rings. The molecule has 1 aliphatic heterocycles. The largest absolute Gasteiger partial charge is 0.491 e. The van der Waals surface area contributed by atoms with Crippen molar-refractivity contribution in [1.29, 1.82) is 0 Å². The molecule has 2 aromatic carbocycles. The van der Waals surface area contributed by atoms with Gasteiger partial charge in [0.05, 0.1) is 6.04 Å². The van der Waals surface area contributed by atoms with Crippen molar-refractivity contribution in [3.63, 3.8) is 0 Å². The Hall–Kier alpha value is -2.62. The van der Waals surface area contributed by atoms with Crippen LogP contribution in [0, 0.1) is 5.82 Å². The summed E-state index contributed by atoms with van der Waals surface area (Å²) in [6.45, 7) is 0.110. The fourth-order valence-corrected chi connectivity index (χ4v) is 2.43. The van der Waals surface area contributed by atoms with Crippen LogP contribution in [-0.4, -0.2) is 11.9 Å². The van der Waals surface area contributed by atoms with E-state index in [2.05, 4.69) is 5.32 Å². The van der Waals surface area contributed by atoms with Crippen LogP contribution in [-0.2, 0) is 22.6 Å². The molecule has 22 heavy (non-hydrogen) atoms.